The summed E-state index contributed by atoms with van der Waals surface area (Å²) < 4.78 is 0. The molecule has 146 valence electrons. The molecule has 28 heavy (non-hydrogen) atoms. The molecule has 2 aromatic carbocycles. The lowest BCUT2D eigenvalue weighted by Gasteiger charge is -2.36. The van der Waals surface area contributed by atoms with Gasteiger partial charge >= 0.3 is 0 Å². The van der Waals surface area contributed by atoms with Crippen molar-refractivity contribution in [2.45, 2.75) is 26.3 Å². The van der Waals surface area contributed by atoms with Gasteiger partial charge in [0.1, 0.15) is 0 Å². The fraction of sp³-hybridized carbons (Fsp3) is 0.391. The molecular weight excluding hydrogens is 350 g/mol. The number of carbonyl (C=O) groups excluding carboxylic acids is 2. The lowest BCUT2D eigenvalue weighted by Crippen LogP contribution is -2.49. The van der Waals surface area contributed by atoms with Crippen LogP contribution in [-0.4, -0.2) is 54.3 Å². The Morgan fingerprint density at radius 2 is 1.64 bits per heavy atom. The summed E-state index contributed by atoms with van der Waals surface area (Å²) in [7, 11) is 0. The number of hydrogen-bond donors (Lipinski definition) is 0. The van der Waals surface area contributed by atoms with Crippen molar-refractivity contribution in [2.24, 2.45) is 0 Å². The summed E-state index contributed by atoms with van der Waals surface area (Å²) in [6, 6.07) is 16.1. The number of piperazine rings is 1. The first kappa shape index (κ1) is 18.5. The number of carbonyl (C=O) groups is 2. The average molecular weight is 377 g/mol. The third kappa shape index (κ3) is 3.88. The minimum absolute atomic E-state index is 0.0910. The van der Waals surface area contributed by atoms with E-state index in [1.807, 2.05) is 34.1 Å². The number of rotatable bonds is 4. The fourth-order valence-corrected chi connectivity index (χ4v) is 4.10. The number of para-hydroxylation sites is 1. The van der Waals surface area contributed by atoms with Crippen molar-refractivity contribution < 1.29 is 9.59 Å². The first-order valence-corrected chi connectivity index (χ1v) is 10.1. The van der Waals surface area contributed by atoms with Crippen molar-refractivity contribution in [3.05, 3.63) is 65.2 Å². The highest BCUT2D eigenvalue weighted by atomic mass is 16.2. The van der Waals surface area contributed by atoms with Crippen LogP contribution >= 0.6 is 0 Å². The monoisotopic (exact) mass is 377 g/mol. The quantitative estimate of drug-likeness (QED) is 0.822. The van der Waals surface area contributed by atoms with Crippen LogP contribution in [-0.2, 0) is 11.3 Å². The Kier molecular flexibility index (Phi) is 5.33. The van der Waals surface area contributed by atoms with Gasteiger partial charge in [0.25, 0.3) is 5.91 Å². The van der Waals surface area contributed by atoms with Crippen LogP contribution in [0, 0.1) is 6.92 Å². The van der Waals surface area contributed by atoms with Gasteiger partial charge in [0, 0.05) is 56.9 Å². The van der Waals surface area contributed by atoms with E-state index in [-0.39, 0.29) is 11.8 Å². The third-order valence-electron chi connectivity index (χ3n) is 5.77. The predicted octanol–water partition coefficient (Wildman–Crippen LogP) is 3.08. The van der Waals surface area contributed by atoms with Gasteiger partial charge in [0.15, 0.2) is 0 Å². The summed E-state index contributed by atoms with van der Waals surface area (Å²) in [6.45, 7) is 6.78. The molecule has 2 aromatic rings. The van der Waals surface area contributed by atoms with Crippen LogP contribution in [0.3, 0.4) is 0 Å². The second-order valence-corrected chi connectivity index (χ2v) is 7.68. The Balaban J connectivity index is 1.35. The van der Waals surface area contributed by atoms with Crippen molar-refractivity contribution in [3.63, 3.8) is 0 Å². The van der Waals surface area contributed by atoms with E-state index >= 15 is 0 Å². The molecule has 2 saturated heterocycles. The summed E-state index contributed by atoms with van der Waals surface area (Å²) in [5.74, 6) is 0.319. The zero-order valence-electron chi connectivity index (χ0n) is 16.4. The molecule has 2 aliphatic rings. The van der Waals surface area contributed by atoms with E-state index < -0.39 is 0 Å². The molecule has 0 aliphatic carbocycles. The molecule has 0 spiro atoms. The van der Waals surface area contributed by atoms with Gasteiger partial charge in [-0.3, -0.25) is 9.59 Å². The predicted molar refractivity (Wildman–Crippen MR) is 110 cm³/mol. The van der Waals surface area contributed by atoms with Gasteiger partial charge in [0.05, 0.1) is 0 Å². The van der Waals surface area contributed by atoms with Crippen molar-refractivity contribution in [1.82, 2.24) is 9.80 Å². The second-order valence-electron chi connectivity index (χ2n) is 7.68. The van der Waals surface area contributed by atoms with E-state index in [1.165, 1.54) is 11.3 Å². The molecule has 2 fully saturated rings. The average Bonchev–Trinajstić information content (AvgIpc) is 3.13. The van der Waals surface area contributed by atoms with Gasteiger partial charge in [-0.2, -0.15) is 0 Å². The normalized spacial score (nSPS) is 17.3. The SMILES string of the molecule is Cc1ccccc1N1CCN(C(=O)c2ccc(CN3CCCC3=O)cc2)CC1. The summed E-state index contributed by atoms with van der Waals surface area (Å²) in [4.78, 5) is 30.8. The Labute approximate surface area is 166 Å². The molecule has 4 rings (SSSR count). The van der Waals surface area contributed by atoms with Crippen molar-refractivity contribution in [2.75, 3.05) is 37.6 Å². The summed E-state index contributed by atoms with van der Waals surface area (Å²) >= 11 is 0. The molecule has 2 amide bonds. The van der Waals surface area contributed by atoms with E-state index in [2.05, 4.69) is 36.1 Å². The fourth-order valence-electron chi connectivity index (χ4n) is 4.10. The maximum atomic E-state index is 12.9. The van der Waals surface area contributed by atoms with Crippen molar-refractivity contribution in [1.29, 1.82) is 0 Å². The van der Waals surface area contributed by atoms with Crippen LogP contribution in [0.2, 0.25) is 0 Å². The maximum absolute atomic E-state index is 12.9. The van der Waals surface area contributed by atoms with E-state index in [0.29, 0.717) is 13.0 Å². The molecule has 0 unspecified atom stereocenters. The highest BCUT2D eigenvalue weighted by Crippen LogP contribution is 2.21. The van der Waals surface area contributed by atoms with E-state index in [1.54, 1.807) is 0 Å². The molecule has 0 atom stereocenters. The molecule has 2 aliphatic heterocycles. The molecule has 0 aromatic heterocycles. The highest BCUT2D eigenvalue weighted by molar-refractivity contribution is 5.94. The minimum Gasteiger partial charge on any atom is -0.368 e. The van der Waals surface area contributed by atoms with Crippen LogP contribution in [0.4, 0.5) is 5.69 Å². The topological polar surface area (TPSA) is 43.9 Å². The van der Waals surface area contributed by atoms with Gasteiger partial charge in [-0.1, -0.05) is 30.3 Å². The zero-order valence-corrected chi connectivity index (χ0v) is 16.4. The number of likely N-dealkylation sites (tertiary alicyclic amines) is 1. The standard InChI is InChI=1S/C23H27N3O2/c1-18-5-2-3-6-21(18)24-13-15-25(16-14-24)23(28)20-10-8-19(9-11-20)17-26-12-4-7-22(26)27/h2-3,5-6,8-11H,4,7,12-17H2,1H3. The van der Waals surface area contributed by atoms with Gasteiger partial charge in [-0.15, -0.1) is 0 Å². The van der Waals surface area contributed by atoms with Gasteiger partial charge in [-0.05, 0) is 42.7 Å². The van der Waals surface area contributed by atoms with Crippen LogP contribution in [0.15, 0.2) is 48.5 Å². The summed E-state index contributed by atoms with van der Waals surface area (Å²) in [5.41, 5.74) is 4.33. The number of amides is 2. The number of anilines is 1. The van der Waals surface area contributed by atoms with Crippen LogP contribution in [0.5, 0.6) is 0 Å². The van der Waals surface area contributed by atoms with Gasteiger partial charge in [-0.25, -0.2) is 0 Å². The smallest absolute Gasteiger partial charge is 0.253 e. The number of benzene rings is 2. The molecule has 2 heterocycles. The molecule has 0 bridgehead atoms. The highest BCUT2D eigenvalue weighted by Gasteiger charge is 2.23. The second kappa shape index (κ2) is 8.05. The molecule has 0 N–H and O–H groups in total. The molecular formula is C23H27N3O2. The molecule has 0 radical (unpaired) electrons. The van der Waals surface area contributed by atoms with Gasteiger partial charge in [0.2, 0.25) is 5.91 Å². The number of aryl methyl sites for hydroxylation is 1. The summed E-state index contributed by atoms with van der Waals surface area (Å²) in [5, 5.41) is 0. The van der Waals surface area contributed by atoms with E-state index in [4.69, 9.17) is 0 Å². The van der Waals surface area contributed by atoms with Crippen molar-refractivity contribution in [3.8, 4) is 0 Å². The van der Waals surface area contributed by atoms with Crippen LogP contribution < -0.4 is 4.90 Å². The Bertz CT molecular complexity index is 854. The first-order valence-electron chi connectivity index (χ1n) is 10.1. The molecule has 5 nitrogen and oxygen atoms in total. The number of nitrogens with zero attached hydrogens (tertiary/aromatic N) is 3. The first-order chi connectivity index (χ1) is 13.6. The minimum atomic E-state index is 0.0910. The van der Waals surface area contributed by atoms with Gasteiger partial charge < -0.3 is 14.7 Å². The Morgan fingerprint density at radius 1 is 0.929 bits per heavy atom. The Hall–Kier alpha value is -2.82. The Morgan fingerprint density at radius 3 is 2.29 bits per heavy atom. The molecule has 5 heteroatoms. The lowest BCUT2D eigenvalue weighted by molar-refractivity contribution is -0.128. The zero-order chi connectivity index (χ0) is 19.5. The van der Waals surface area contributed by atoms with Crippen LogP contribution in [0.1, 0.15) is 34.3 Å². The molecule has 0 saturated carbocycles. The number of hydrogen-bond acceptors (Lipinski definition) is 3. The lowest BCUT2D eigenvalue weighted by atomic mass is 10.1. The van der Waals surface area contributed by atoms with E-state index in [9.17, 15) is 9.59 Å². The summed E-state index contributed by atoms with van der Waals surface area (Å²) in [6.07, 6.45) is 1.61. The van der Waals surface area contributed by atoms with Crippen LogP contribution in [0.25, 0.3) is 0 Å². The largest absolute Gasteiger partial charge is 0.368 e. The third-order valence-corrected chi connectivity index (χ3v) is 5.77. The maximum Gasteiger partial charge on any atom is 0.253 e. The van der Waals surface area contributed by atoms with E-state index in [0.717, 1.165) is 50.3 Å². The van der Waals surface area contributed by atoms with Crippen molar-refractivity contribution >= 4 is 17.5 Å².